The Labute approximate surface area is 113 Å². The lowest BCUT2D eigenvalue weighted by Crippen LogP contribution is -2.14. The number of nitriles is 1. The Morgan fingerprint density at radius 1 is 1.32 bits per heavy atom. The standard InChI is InChI=1S/C14H17N5/c1-18(2)6-3-7-19-10-14(17-11-19)13-8-12(9-15)4-5-16-13/h4-5,8,10-11H,3,6-7H2,1-2H3. The molecule has 0 aliphatic heterocycles. The van der Waals surface area contributed by atoms with Crippen LogP contribution in [0, 0.1) is 11.3 Å². The molecular weight excluding hydrogens is 238 g/mol. The van der Waals surface area contributed by atoms with Crippen LogP contribution in [0.25, 0.3) is 11.4 Å². The summed E-state index contributed by atoms with van der Waals surface area (Å²) in [6.45, 7) is 1.98. The van der Waals surface area contributed by atoms with Crippen molar-refractivity contribution in [2.24, 2.45) is 0 Å². The summed E-state index contributed by atoms with van der Waals surface area (Å²) in [5, 5.41) is 8.87. The van der Waals surface area contributed by atoms with Gasteiger partial charge in [0.2, 0.25) is 0 Å². The number of nitrogens with zero attached hydrogens (tertiary/aromatic N) is 5. The topological polar surface area (TPSA) is 57.7 Å². The molecule has 0 N–H and O–H groups in total. The normalized spacial score (nSPS) is 10.6. The van der Waals surface area contributed by atoms with Crippen LogP contribution in [-0.2, 0) is 6.54 Å². The molecular formula is C14H17N5. The van der Waals surface area contributed by atoms with Crippen molar-refractivity contribution in [2.75, 3.05) is 20.6 Å². The summed E-state index contributed by atoms with van der Waals surface area (Å²) in [6.07, 6.45) is 6.50. The number of pyridine rings is 1. The molecule has 2 heterocycles. The van der Waals surface area contributed by atoms with Gasteiger partial charge in [0, 0.05) is 18.9 Å². The van der Waals surface area contributed by atoms with E-state index in [-0.39, 0.29) is 0 Å². The minimum Gasteiger partial charge on any atom is -0.337 e. The SMILES string of the molecule is CN(C)CCCn1cnc(-c2cc(C#N)ccn2)c1. The highest BCUT2D eigenvalue weighted by Crippen LogP contribution is 2.15. The largest absolute Gasteiger partial charge is 0.337 e. The molecule has 5 nitrogen and oxygen atoms in total. The van der Waals surface area contributed by atoms with E-state index in [1.165, 1.54) is 0 Å². The fraction of sp³-hybridized carbons (Fsp3) is 0.357. The molecule has 0 aromatic carbocycles. The summed E-state index contributed by atoms with van der Waals surface area (Å²) in [7, 11) is 4.13. The van der Waals surface area contributed by atoms with Gasteiger partial charge in [0.25, 0.3) is 0 Å². The second-order valence-corrected chi connectivity index (χ2v) is 4.70. The molecule has 0 aliphatic rings. The van der Waals surface area contributed by atoms with Crippen molar-refractivity contribution in [2.45, 2.75) is 13.0 Å². The molecule has 5 heteroatoms. The van der Waals surface area contributed by atoms with Gasteiger partial charge in [0.1, 0.15) is 5.69 Å². The van der Waals surface area contributed by atoms with Gasteiger partial charge in [0.15, 0.2) is 0 Å². The summed E-state index contributed by atoms with van der Waals surface area (Å²) in [6, 6.07) is 5.56. The molecule has 0 fully saturated rings. The maximum Gasteiger partial charge on any atom is 0.107 e. The molecule has 0 radical (unpaired) electrons. The van der Waals surface area contributed by atoms with E-state index in [4.69, 9.17) is 5.26 Å². The van der Waals surface area contributed by atoms with E-state index < -0.39 is 0 Å². The van der Waals surface area contributed by atoms with E-state index in [2.05, 4.69) is 39.6 Å². The van der Waals surface area contributed by atoms with Gasteiger partial charge >= 0.3 is 0 Å². The number of rotatable bonds is 5. The van der Waals surface area contributed by atoms with Gasteiger partial charge in [-0.15, -0.1) is 0 Å². The molecule has 0 atom stereocenters. The second-order valence-electron chi connectivity index (χ2n) is 4.70. The van der Waals surface area contributed by atoms with Gasteiger partial charge < -0.3 is 9.47 Å². The summed E-state index contributed by atoms with van der Waals surface area (Å²) < 4.78 is 2.06. The van der Waals surface area contributed by atoms with E-state index in [0.29, 0.717) is 5.56 Å². The second kappa shape index (κ2) is 6.12. The highest BCUT2D eigenvalue weighted by Gasteiger charge is 2.04. The van der Waals surface area contributed by atoms with Crippen LogP contribution in [0.15, 0.2) is 30.9 Å². The van der Waals surface area contributed by atoms with Crippen molar-refractivity contribution in [1.29, 1.82) is 5.26 Å². The predicted molar refractivity (Wildman–Crippen MR) is 73.3 cm³/mol. The fourth-order valence-corrected chi connectivity index (χ4v) is 1.82. The molecule has 0 spiro atoms. The van der Waals surface area contributed by atoms with Crippen molar-refractivity contribution in [3.63, 3.8) is 0 Å². The molecule has 98 valence electrons. The monoisotopic (exact) mass is 255 g/mol. The molecule has 0 bridgehead atoms. The molecule has 0 aliphatic carbocycles. The maximum atomic E-state index is 8.87. The van der Waals surface area contributed by atoms with E-state index in [1.54, 1.807) is 18.3 Å². The van der Waals surface area contributed by atoms with Crippen molar-refractivity contribution in [1.82, 2.24) is 19.4 Å². The molecule has 2 rings (SSSR count). The van der Waals surface area contributed by atoms with Gasteiger partial charge in [-0.05, 0) is 39.2 Å². The fourth-order valence-electron chi connectivity index (χ4n) is 1.82. The van der Waals surface area contributed by atoms with Crippen LogP contribution in [0.3, 0.4) is 0 Å². The lowest BCUT2D eigenvalue weighted by molar-refractivity contribution is 0.386. The smallest absolute Gasteiger partial charge is 0.107 e. The Bertz CT molecular complexity index is 580. The molecule has 2 aromatic heterocycles. The minimum absolute atomic E-state index is 0.604. The Morgan fingerprint density at radius 3 is 2.89 bits per heavy atom. The van der Waals surface area contributed by atoms with Gasteiger partial charge in [-0.1, -0.05) is 0 Å². The van der Waals surface area contributed by atoms with E-state index in [9.17, 15) is 0 Å². The van der Waals surface area contributed by atoms with E-state index >= 15 is 0 Å². The lowest BCUT2D eigenvalue weighted by Gasteiger charge is -2.08. The molecule has 0 saturated heterocycles. The van der Waals surface area contributed by atoms with Crippen molar-refractivity contribution in [3.8, 4) is 17.5 Å². The molecule has 0 unspecified atom stereocenters. The van der Waals surface area contributed by atoms with Crippen LogP contribution in [0.1, 0.15) is 12.0 Å². The predicted octanol–water partition coefficient (Wildman–Crippen LogP) is 1.77. The highest BCUT2D eigenvalue weighted by atomic mass is 15.1. The first kappa shape index (κ1) is 13.2. The van der Waals surface area contributed by atoms with Gasteiger partial charge in [0.05, 0.1) is 23.7 Å². The third-order valence-electron chi connectivity index (χ3n) is 2.81. The van der Waals surface area contributed by atoms with Crippen LogP contribution in [0.2, 0.25) is 0 Å². The third kappa shape index (κ3) is 3.63. The van der Waals surface area contributed by atoms with Crippen molar-refractivity contribution in [3.05, 3.63) is 36.4 Å². The first-order valence-electron chi connectivity index (χ1n) is 6.22. The summed E-state index contributed by atoms with van der Waals surface area (Å²) >= 11 is 0. The first-order chi connectivity index (χ1) is 9.19. The van der Waals surface area contributed by atoms with Crippen LogP contribution in [0.5, 0.6) is 0 Å². The Balaban J connectivity index is 2.06. The average Bonchev–Trinajstić information content (AvgIpc) is 2.87. The molecule has 19 heavy (non-hydrogen) atoms. The zero-order valence-corrected chi connectivity index (χ0v) is 11.2. The van der Waals surface area contributed by atoms with Crippen molar-refractivity contribution < 1.29 is 0 Å². The Kier molecular flexibility index (Phi) is 4.26. The lowest BCUT2D eigenvalue weighted by atomic mass is 10.2. The number of aromatic nitrogens is 3. The van der Waals surface area contributed by atoms with E-state index in [0.717, 1.165) is 30.9 Å². The zero-order chi connectivity index (χ0) is 13.7. The Morgan fingerprint density at radius 2 is 2.16 bits per heavy atom. The zero-order valence-electron chi connectivity index (χ0n) is 11.2. The number of hydrogen-bond donors (Lipinski definition) is 0. The quantitative estimate of drug-likeness (QED) is 0.817. The summed E-state index contributed by atoms with van der Waals surface area (Å²) in [4.78, 5) is 10.7. The van der Waals surface area contributed by atoms with Crippen LogP contribution in [0.4, 0.5) is 0 Å². The van der Waals surface area contributed by atoms with Crippen LogP contribution in [-0.4, -0.2) is 40.1 Å². The molecule has 0 saturated carbocycles. The van der Waals surface area contributed by atoms with Crippen molar-refractivity contribution >= 4 is 0 Å². The van der Waals surface area contributed by atoms with Crippen LogP contribution >= 0.6 is 0 Å². The van der Waals surface area contributed by atoms with Gasteiger partial charge in [-0.2, -0.15) is 5.26 Å². The molecule has 0 amide bonds. The van der Waals surface area contributed by atoms with Gasteiger partial charge in [-0.3, -0.25) is 4.98 Å². The minimum atomic E-state index is 0.604. The average molecular weight is 255 g/mol. The third-order valence-corrected chi connectivity index (χ3v) is 2.81. The number of hydrogen-bond acceptors (Lipinski definition) is 4. The Hall–Kier alpha value is -2.19. The summed E-state index contributed by atoms with van der Waals surface area (Å²) in [5.74, 6) is 0. The highest BCUT2D eigenvalue weighted by molar-refractivity contribution is 5.55. The number of aryl methyl sites for hydroxylation is 1. The first-order valence-corrected chi connectivity index (χ1v) is 6.22. The van der Waals surface area contributed by atoms with Gasteiger partial charge in [-0.25, -0.2) is 4.98 Å². The van der Waals surface area contributed by atoms with Crippen LogP contribution < -0.4 is 0 Å². The molecule has 2 aromatic rings. The maximum absolute atomic E-state index is 8.87. The number of imidazole rings is 1. The summed E-state index contributed by atoms with van der Waals surface area (Å²) in [5.41, 5.74) is 2.15. The van der Waals surface area contributed by atoms with E-state index in [1.807, 2.05) is 12.5 Å².